The Morgan fingerprint density at radius 2 is 1.40 bits per heavy atom. The second-order valence-electron chi connectivity index (χ2n) is 15.5. The fourth-order valence-corrected chi connectivity index (χ4v) is 6.23. The maximum absolute atomic E-state index is 13.5. The minimum Gasteiger partial charge on any atom is -0.446 e. The number of anilines is 1. The van der Waals surface area contributed by atoms with Gasteiger partial charge >= 0.3 is 18.3 Å². The summed E-state index contributed by atoms with van der Waals surface area (Å²) in [6.07, 6.45) is 7.78. The molecule has 7 N–H and O–H groups in total. The SMILES string of the molecule is CC(C)[C@H](NC(=O)CCOCCOCCOCCOCCNC(=O)OC1CC/C=C\CCC1)C(=O)N[C@@H](CCCNC(N)=O)C(=O)Nc1ccc(COC(=O)Oc2ccc([N+](=O)[O-])cc2)cc1. The maximum Gasteiger partial charge on any atom is 0.514 e. The third kappa shape index (κ3) is 24.7. The largest absolute Gasteiger partial charge is 0.514 e. The third-order valence-electron chi connectivity index (χ3n) is 9.79. The minimum absolute atomic E-state index is 0.0284. The lowest BCUT2D eigenvalue weighted by molar-refractivity contribution is -0.384. The lowest BCUT2D eigenvalue weighted by atomic mass is 10.0. The van der Waals surface area contributed by atoms with Gasteiger partial charge in [0.25, 0.3) is 5.69 Å². The Morgan fingerprint density at radius 3 is 2.04 bits per heavy atom. The van der Waals surface area contributed by atoms with Gasteiger partial charge in [-0.05, 0) is 80.7 Å². The first-order chi connectivity index (χ1) is 32.3. The summed E-state index contributed by atoms with van der Waals surface area (Å²) < 4.78 is 37.6. The van der Waals surface area contributed by atoms with Crippen LogP contribution in [0.4, 0.5) is 25.8 Å². The van der Waals surface area contributed by atoms with Gasteiger partial charge in [-0.2, -0.15) is 0 Å². The van der Waals surface area contributed by atoms with E-state index in [4.69, 9.17) is 38.9 Å². The number of non-ortho nitro benzene ring substituents is 1. The van der Waals surface area contributed by atoms with Crippen molar-refractivity contribution in [2.75, 3.05) is 71.3 Å². The fraction of sp³-hybridized carbons (Fsp3) is 0.556. The van der Waals surface area contributed by atoms with Gasteiger partial charge in [0.15, 0.2) is 0 Å². The van der Waals surface area contributed by atoms with E-state index < -0.39 is 53.0 Å². The number of benzene rings is 2. The van der Waals surface area contributed by atoms with Crippen molar-refractivity contribution in [3.05, 3.63) is 76.4 Å². The molecular formula is C45H65N7O15. The van der Waals surface area contributed by atoms with Crippen molar-refractivity contribution in [2.24, 2.45) is 11.7 Å². The molecule has 6 amide bonds. The summed E-state index contributed by atoms with van der Waals surface area (Å²) in [5, 5.41) is 24.2. The molecule has 0 bridgehead atoms. The van der Waals surface area contributed by atoms with Gasteiger partial charge in [0.1, 0.15) is 30.5 Å². The van der Waals surface area contributed by atoms with E-state index in [1.165, 1.54) is 24.3 Å². The van der Waals surface area contributed by atoms with Crippen molar-refractivity contribution >= 4 is 47.4 Å². The van der Waals surface area contributed by atoms with E-state index in [-0.39, 0.29) is 75.7 Å². The Hall–Kier alpha value is -6.36. The first kappa shape index (κ1) is 55.0. The summed E-state index contributed by atoms with van der Waals surface area (Å²) in [5.41, 5.74) is 5.92. The number of allylic oxidation sites excluding steroid dienone is 2. The number of carbonyl (C=O) groups is 6. The van der Waals surface area contributed by atoms with Crippen LogP contribution >= 0.6 is 0 Å². The van der Waals surface area contributed by atoms with Gasteiger partial charge < -0.3 is 65.5 Å². The summed E-state index contributed by atoms with van der Waals surface area (Å²) in [6, 6.07) is 8.42. The van der Waals surface area contributed by atoms with Gasteiger partial charge in [0, 0.05) is 37.3 Å². The number of urea groups is 1. The highest BCUT2D eigenvalue weighted by Gasteiger charge is 2.29. The Kier molecular flexibility index (Phi) is 26.5. The first-order valence-electron chi connectivity index (χ1n) is 22.3. The average molecular weight is 944 g/mol. The van der Waals surface area contributed by atoms with Gasteiger partial charge in [0.05, 0.1) is 57.8 Å². The van der Waals surface area contributed by atoms with Gasteiger partial charge in [-0.3, -0.25) is 24.5 Å². The average Bonchev–Trinajstić information content (AvgIpc) is 3.28. The number of hydrogen-bond acceptors (Lipinski definition) is 15. The molecule has 1 aliphatic carbocycles. The van der Waals surface area contributed by atoms with Gasteiger partial charge in [-0.1, -0.05) is 38.1 Å². The van der Waals surface area contributed by atoms with Crippen LogP contribution in [0, 0.1) is 16.0 Å². The van der Waals surface area contributed by atoms with Crippen molar-refractivity contribution in [1.29, 1.82) is 0 Å². The Bertz CT molecular complexity index is 1870. The summed E-state index contributed by atoms with van der Waals surface area (Å²) >= 11 is 0. The van der Waals surface area contributed by atoms with Crippen LogP contribution < -0.4 is 37.1 Å². The number of nitrogens with two attached hydrogens (primary N) is 1. The molecule has 22 nitrogen and oxygen atoms in total. The van der Waals surface area contributed by atoms with Crippen molar-refractivity contribution < 1.29 is 66.8 Å². The summed E-state index contributed by atoms with van der Waals surface area (Å²) in [6.45, 7) is 6.13. The third-order valence-corrected chi connectivity index (χ3v) is 9.79. The fourth-order valence-electron chi connectivity index (χ4n) is 6.23. The quantitative estimate of drug-likeness (QED) is 0.0158. The van der Waals surface area contributed by atoms with Gasteiger partial charge in [-0.25, -0.2) is 14.4 Å². The number of nitrogens with one attached hydrogen (secondary N) is 5. The van der Waals surface area contributed by atoms with Crippen molar-refractivity contribution in [1.82, 2.24) is 21.3 Å². The molecule has 67 heavy (non-hydrogen) atoms. The highest BCUT2D eigenvalue weighted by atomic mass is 16.7. The molecule has 2 aromatic rings. The van der Waals surface area contributed by atoms with Gasteiger partial charge in [-0.15, -0.1) is 0 Å². The van der Waals surface area contributed by atoms with Crippen molar-refractivity contribution in [3.8, 4) is 5.75 Å². The number of ether oxygens (including phenoxy) is 7. The number of nitrogens with zero attached hydrogens (tertiary/aromatic N) is 1. The van der Waals surface area contributed by atoms with Crippen LogP contribution in [0.15, 0.2) is 60.7 Å². The van der Waals surface area contributed by atoms with Gasteiger partial charge in [0.2, 0.25) is 17.7 Å². The molecule has 0 radical (unpaired) electrons. The van der Waals surface area contributed by atoms with E-state index in [9.17, 15) is 38.9 Å². The molecule has 22 heteroatoms. The lowest BCUT2D eigenvalue weighted by Gasteiger charge is -2.25. The number of rotatable bonds is 30. The molecule has 0 aromatic heterocycles. The zero-order chi connectivity index (χ0) is 48.7. The van der Waals surface area contributed by atoms with E-state index >= 15 is 0 Å². The van der Waals surface area contributed by atoms with Crippen LogP contribution in [0.3, 0.4) is 0 Å². The number of hydrogen-bond donors (Lipinski definition) is 6. The topological polar surface area (TPSA) is 296 Å². The second-order valence-corrected chi connectivity index (χ2v) is 15.5. The lowest BCUT2D eigenvalue weighted by Crippen LogP contribution is -2.54. The van der Waals surface area contributed by atoms with Crippen LogP contribution in [0.5, 0.6) is 5.75 Å². The first-order valence-corrected chi connectivity index (χ1v) is 22.3. The zero-order valence-electron chi connectivity index (χ0n) is 38.2. The van der Waals surface area contributed by atoms with E-state index in [1.54, 1.807) is 38.1 Å². The maximum atomic E-state index is 13.5. The number of nitro benzene ring substituents is 1. The molecule has 3 atom stereocenters. The van der Waals surface area contributed by atoms with Crippen LogP contribution in [-0.4, -0.2) is 125 Å². The molecule has 370 valence electrons. The predicted molar refractivity (Wildman–Crippen MR) is 243 cm³/mol. The number of nitro groups is 1. The molecular weight excluding hydrogens is 879 g/mol. The number of alkyl carbamates (subject to hydrolysis) is 1. The molecule has 3 rings (SSSR count). The molecule has 1 unspecified atom stereocenters. The van der Waals surface area contributed by atoms with Crippen LogP contribution in [0.2, 0.25) is 0 Å². The number of carbonyl (C=O) groups excluding carboxylic acids is 6. The normalized spacial score (nSPS) is 14.8. The molecule has 1 aliphatic rings. The summed E-state index contributed by atoms with van der Waals surface area (Å²) in [7, 11) is 0. The molecule has 0 aliphatic heterocycles. The highest BCUT2D eigenvalue weighted by Crippen LogP contribution is 2.19. The molecule has 2 aromatic carbocycles. The molecule has 0 saturated carbocycles. The zero-order valence-corrected chi connectivity index (χ0v) is 38.2. The van der Waals surface area contributed by atoms with Crippen molar-refractivity contribution in [3.63, 3.8) is 0 Å². The van der Waals surface area contributed by atoms with Crippen LogP contribution in [0.25, 0.3) is 0 Å². The highest BCUT2D eigenvalue weighted by molar-refractivity contribution is 5.98. The van der Waals surface area contributed by atoms with Crippen molar-refractivity contribution in [2.45, 2.75) is 90.0 Å². The predicted octanol–water partition coefficient (Wildman–Crippen LogP) is 4.39. The smallest absolute Gasteiger partial charge is 0.446 e. The van der Waals surface area contributed by atoms with E-state index in [0.717, 1.165) is 32.1 Å². The van der Waals surface area contributed by atoms with E-state index in [0.29, 0.717) is 50.8 Å². The number of amides is 6. The Labute approximate surface area is 389 Å². The summed E-state index contributed by atoms with van der Waals surface area (Å²) in [5.74, 6) is -1.87. The molecule has 0 heterocycles. The molecule has 0 fully saturated rings. The minimum atomic E-state index is -1.07. The molecule has 0 saturated heterocycles. The Morgan fingerprint density at radius 1 is 0.761 bits per heavy atom. The summed E-state index contributed by atoms with van der Waals surface area (Å²) in [4.78, 5) is 85.3. The van der Waals surface area contributed by atoms with E-state index in [2.05, 4.69) is 38.7 Å². The monoisotopic (exact) mass is 943 g/mol. The Balaban J connectivity index is 1.30. The van der Waals surface area contributed by atoms with E-state index in [1.807, 2.05) is 0 Å². The standard InChI is InChI=1S/C45H65N7O15/c1-32(2)40(51-39(53)20-23-61-25-27-63-29-30-64-28-26-62-24-22-48-44(57)66-36-9-6-4-3-5-7-10-36)42(55)50-38(11-8-21-47-43(46)56)41(54)49-34-14-12-33(13-15-34)31-65-45(58)67-37-18-16-35(17-19-37)52(59)60/h3-4,12-19,32,36,38,40H,5-11,20-31H2,1-2H3,(H,48,57)(H,49,54)(H,50,55)(H,51,53)(H3,46,47,56)/b4-3-/t36?,38-,40-/m0/s1. The number of primary amides is 1. The molecule has 0 spiro atoms. The van der Waals surface area contributed by atoms with Crippen LogP contribution in [-0.2, 0) is 49.4 Å². The second kappa shape index (κ2) is 32.3. The van der Waals surface area contributed by atoms with Crippen LogP contribution in [0.1, 0.15) is 70.8 Å².